The summed E-state index contributed by atoms with van der Waals surface area (Å²) in [5.41, 5.74) is 8.45. The zero-order valence-electron chi connectivity index (χ0n) is 18.9. The smallest absolute Gasteiger partial charge is 0.0656 e. The summed E-state index contributed by atoms with van der Waals surface area (Å²) in [4.78, 5) is 2.51. The molecule has 2 aliphatic heterocycles. The minimum atomic E-state index is -0.295. The normalized spacial score (nSPS) is 23.6. The minimum absolute atomic E-state index is 0.0240. The molecular weight excluding hydrogens is 380 g/mol. The molecule has 2 aliphatic rings. The van der Waals surface area contributed by atoms with Crippen molar-refractivity contribution in [2.24, 2.45) is 5.41 Å². The van der Waals surface area contributed by atoms with E-state index >= 15 is 0 Å². The number of anilines is 1. The summed E-state index contributed by atoms with van der Waals surface area (Å²) in [7, 11) is 0. The molecule has 3 aromatic carbocycles. The molecule has 0 saturated carbocycles. The molecule has 0 amide bonds. The Bertz CT molecular complexity index is 1280. The summed E-state index contributed by atoms with van der Waals surface area (Å²) >= 11 is 0. The highest BCUT2D eigenvalue weighted by Gasteiger charge is 2.40. The van der Waals surface area contributed by atoms with Gasteiger partial charge in [0.2, 0.25) is 0 Å². The standard InChI is InChI=1S/C27H28N4/c1-19-7-10-24-23(15-29-30-24)26(19)21-8-9-22-14-27(17-28-25(22)13-21)11-12-31(18-27)16-20-5-3-2-4-6-20/h2-10,13,15,28H,11-12,14,16-18H2,1H3,(H,29,30)/i17D. The van der Waals surface area contributed by atoms with E-state index in [1.807, 2.05) is 6.20 Å². The number of hydrogen-bond acceptors (Lipinski definition) is 3. The molecule has 0 aliphatic carbocycles. The van der Waals surface area contributed by atoms with Crippen LogP contribution in [0.25, 0.3) is 22.0 Å². The summed E-state index contributed by atoms with van der Waals surface area (Å²) in [6, 6.07) is 21.6. The largest absolute Gasteiger partial charge is 0.384 e. The van der Waals surface area contributed by atoms with Crippen LogP contribution in [-0.2, 0) is 13.0 Å². The number of rotatable bonds is 3. The van der Waals surface area contributed by atoms with Gasteiger partial charge in [-0.2, -0.15) is 5.10 Å². The number of aromatic nitrogens is 2. The molecule has 4 nitrogen and oxygen atoms in total. The van der Waals surface area contributed by atoms with Crippen molar-refractivity contribution >= 4 is 16.6 Å². The lowest BCUT2D eigenvalue weighted by molar-refractivity contribution is 0.256. The van der Waals surface area contributed by atoms with Crippen LogP contribution in [0, 0.1) is 12.3 Å². The van der Waals surface area contributed by atoms with Gasteiger partial charge in [0.15, 0.2) is 0 Å². The van der Waals surface area contributed by atoms with Gasteiger partial charge in [-0.3, -0.25) is 10.00 Å². The first-order valence-electron chi connectivity index (χ1n) is 11.7. The van der Waals surface area contributed by atoms with E-state index in [4.69, 9.17) is 1.37 Å². The summed E-state index contributed by atoms with van der Waals surface area (Å²) < 4.78 is 8.99. The first-order chi connectivity index (χ1) is 15.6. The van der Waals surface area contributed by atoms with Crippen molar-refractivity contribution < 1.29 is 1.37 Å². The van der Waals surface area contributed by atoms with Crippen LogP contribution in [0.2, 0.25) is 0 Å². The van der Waals surface area contributed by atoms with Gasteiger partial charge >= 0.3 is 0 Å². The molecule has 0 bridgehead atoms. The highest BCUT2D eigenvalue weighted by atomic mass is 15.2. The second kappa shape index (κ2) is 7.24. The number of nitrogens with one attached hydrogen (secondary N) is 2. The van der Waals surface area contributed by atoms with Gasteiger partial charge in [0.25, 0.3) is 0 Å². The lowest BCUT2D eigenvalue weighted by atomic mass is 9.77. The summed E-state index contributed by atoms with van der Waals surface area (Å²) in [5.74, 6) is 0. The third-order valence-electron chi connectivity index (χ3n) is 7.02. The van der Waals surface area contributed by atoms with Gasteiger partial charge in [-0.05, 0) is 66.3 Å². The maximum absolute atomic E-state index is 8.99. The predicted octanol–water partition coefficient (Wildman–Crippen LogP) is 5.40. The zero-order valence-corrected chi connectivity index (χ0v) is 17.9. The average Bonchev–Trinajstić information content (AvgIpc) is 3.43. The highest BCUT2D eigenvalue weighted by Crippen LogP contribution is 2.42. The van der Waals surface area contributed by atoms with Crippen LogP contribution in [0.15, 0.2) is 66.9 Å². The summed E-state index contributed by atoms with van der Waals surface area (Å²) in [6.45, 7) is 4.85. The van der Waals surface area contributed by atoms with Gasteiger partial charge in [0.05, 0.1) is 11.7 Å². The van der Waals surface area contributed by atoms with Crippen molar-refractivity contribution in [1.29, 1.82) is 0 Å². The van der Waals surface area contributed by atoms with Crippen LogP contribution in [0.1, 0.15) is 24.5 Å². The minimum Gasteiger partial charge on any atom is -0.384 e. The number of fused-ring (bicyclic) bond motifs is 2. The topological polar surface area (TPSA) is 44.0 Å². The summed E-state index contributed by atoms with van der Waals surface area (Å²) in [6.07, 6.45) is 3.94. The Kier molecular flexibility index (Phi) is 4.10. The number of likely N-dealkylation sites (tertiary alicyclic amines) is 1. The third-order valence-corrected chi connectivity index (χ3v) is 7.02. The highest BCUT2D eigenvalue weighted by molar-refractivity contribution is 5.96. The Morgan fingerprint density at radius 1 is 1.13 bits per heavy atom. The van der Waals surface area contributed by atoms with E-state index < -0.39 is 0 Å². The first-order valence-corrected chi connectivity index (χ1v) is 11.1. The van der Waals surface area contributed by atoms with Crippen LogP contribution in [0.4, 0.5) is 5.69 Å². The molecule has 156 valence electrons. The number of aromatic amines is 1. The molecule has 3 heterocycles. The van der Waals surface area contributed by atoms with Crippen LogP contribution < -0.4 is 5.32 Å². The number of hydrogen-bond donors (Lipinski definition) is 2. The van der Waals surface area contributed by atoms with Gasteiger partial charge in [0.1, 0.15) is 0 Å². The van der Waals surface area contributed by atoms with E-state index in [0.717, 1.165) is 49.1 Å². The molecule has 1 spiro atoms. The first kappa shape index (κ1) is 17.6. The van der Waals surface area contributed by atoms with Crippen molar-refractivity contribution in [2.75, 3.05) is 24.9 Å². The molecule has 1 fully saturated rings. The van der Waals surface area contributed by atoms with E-state index in [0.29, 0.717) is 0 Å². The lowest BCUT2D eigenvalue weighted by Crippen LogP contribution is -2.38. The molecule has 2 atom stereocenters. The van der Waals surface area contributed by atoms with E-state index in [-0.39, 0.29) is 11.9 Å². The average molecular weight is 410 g/mol. The number of benzene rings is 3. The van der Waals surface area contributed by atoms with E-state index in [9.17, 15) is 0 Å². The Balaban J connectivity index is 1.28. The molecule has 31 heavy (non-hydrogen) atoms. The van der Waals surface area contributed by atoms with Gasteiger partial charge in [-0.1, -0.05) is 48.5 Å². The fraction of sp³-hybridized carbons (Fsp3) is 0.296. The number of H-pyrrole nitrogens is 1. The monoisotopic (exact) mass is 409 g/mol. The fourth-order valence-electron chi connectivity index (χ4n) is 5.41. The Labute approximate surface area is 184 Å². The molecule has 4 aromatic rings. The van der Waals surface area contributed by atoms with Gasteiger partial charge < -0.3 is 5.32 Å². The maximum atomic E-state index is 8.99. The van der Waals surface area contributed by atoms with Crippen LogP contribution in [0.3, 0.4) is 0 Å². The quantitative estimate of drug-likeness (QED) is 0.476. The van der Waals surface area contributed by atoms with Crippen molar-refractivity contribution in [3.05, 3.63) is 83.6 Å². The molecule has 6 rings (SSSR count). The Morgan fingerprint density at radius 2 is 2.03 bits per heavy atom. The molecule has 1 aromatic heterocycles. The van der Waals surface area contributed by atoms with Crippen LogP contribution in [-0.4, -0.2) is 34.7 Å². The summed E-state index contributed by atoms with van der Waals surface area (Å²) in [5, 5.41) is 12.0. The molecular formula is C27H28N4. The molecule has 2 unspecified atom stereocenters. The molecule has 0 radical (unpaired) electrons. The van der Waals surface area contributed by atoms with Crippen LogP contribution in [0.5, 0.6) is 0 Å². The second-order valence-corrected chi connectivity index (χ2v) is 9.23. The maximum Gasteiger partial charge on any atom is 0.0656 e. The van der Waals surface area contributed by atoms with E-state index in [2.05, 4.69) is 88.0 Å². The fourth-order valence-corrected chi connectivity index (χ4v) is 5.41. The molecule has 4 heteroatoms. The van der Waals surface area contributed by atoms with Crippen molar-refractivity contribution in [2.45, 2.75) is 26.3 Å². The van der Waals surface area contributed by atoms with Crippen molar-refractivity contribution in [3.63, 3.8) is 0 Å². The predicted molar refractivity (Wildman–Crippen MR) is 127 cm³/mol. The van der Waals surface area contributed by atoms with E-state index in [1.54, 1.807) is 0 Å². The molecule has 1 saturated heterocycles. The number of nitrogens with zero attached hydrogens (tertiary/aromatic N) is 2. The molecule has 2 N–H and O–H groups in total. The Hall–Kier alpha value is -3.11. The van der Waals surface area contributed by atoms with Gasteiger partial charge in [0, 0.05) is 37.5 Å². The zero-order chi connectivity index (χ0) is 21.7. The number of aryl methyl sites for hydroxylation is 1. The third kappa shape index (κ3) is 3.31. The van der Waals surface area contributed by atoms with Gasteiger partial charge in [-0.15, -0.1) is 0 Å². The van der Waals surface area contributed by atoms with Crippen LogP contribution >= 0.6 is 0 Å². The Morgan fingerprint density at radius 3 is 2.94 bits per heavy atom. The van der Waals surface area contributed by atoms with Crippen molar-refractivity contribution in [3.8, 4) is 11.1 Å². The SMILES string of the molecule is [2H]C1Nc2cc(-c3c(C)ccc4[nH]ncc34)ccc2CC12CCN(Cc1ccccc1)C2. The lowest BCUT2D eigenvalue weighted by Gasteiger charge is -2.36. The van der Waals surface area contributed by atoms with Gasteiger partial charge in [-0.25, -0.2) is 0 Å². The van der Waals surface area contributed by atoms with Crippen molar-refractivity contribution in [1.82, 2.24) is 15.1 Å². The second-order valence-electron chi connectivity index (χ2n) is 9.23. The van der Waals surface area contributed by atoms with E-state index in [1.165, 1.54) is 27.8 Å².